The zero-order valence-electron chi connectivity index (χ0n) is 34.9. The Balaban J connectivity index is 1.03. The molecule has 0 amide bonds. The van der Waals surface area contributed by atoms with E-state index in [2.05, 4.69) is 121 Å². The van der Waals surface area contributed by atoms with E-state index in [0.29, 0.717) is 0 Å². The lowest BCUT2D eigenvalue weighted by Crippen LogP contribution is -2.06. The molecule has 0 saturated carbocycles. The van der Waals surface area contributed by atoms with Gasteiger partial charge in [-0.15, -0.1) is 0 Å². The molecule has 0 bridgehead atoms. The van der Waals surface area contributed by atoms with Crippen LogP contribution in [-0.4, -0.2) is 55.6 Å². The van der Waals surface area contributed by atoms with Crippen LogP contribution >= 0.6 is 23.5 Å². The summed E-state index contributed by atoms with van der Waals surface area (Å²) < 4.78 is 43.0. The third-order valence-electron chi connectivity index (χ3n) is 9.03. The Labute approximate surface area is 378 Å². The molecular formula is C50H48O8S4+2. The van der Waals surface area contributed by atoms with Gasteiger partial charge in [0.15, 0.2) is 56.5 Å². The summed E-state index contributed by atoms with van der Waals surface area (Å²) in [4.78, 5) is 11.9. The Morgan fingerprint density at radius 1 is 0.274 bits per heavy atom. The monoisotopic (exact) mass is 904 g/mol. The summed E-state index contributed by atoms with van der Waals surface area (Å²) in [5.41, 5.74) is 0. The molecule has 7 rings (SSSR count). The van der Waals surface area contributed by atoms with Crippen LogP contribution in [0, 0.1) is 0 Å². The van der Waals surface area contributed by atoms with E-state index in [9.17, 15) is 0 Å². The fourth-order valence-electron chi connectivity index (χ4n) is 6.15. The fraction of sp³-hybridized carbons (Fsp3) is 0.160. The Morgan fingerprint density at radius 3 is 0.645 bits per heavy atom. The van der Waals surface area contributed by atoms with E-state index in [1.54, 1.807) is 52.0 Å². The fourth-order valence-corrected chi connectivity index (χ4v) is 11.9. The maximum Gasteiger partial charge on any atom is 0.188 e. The third kappa shape index (κ3) is 12.6. The maximum absolute atomic E-state index is 5.66. The van der Waals surface area contributed by atoms with Gasteiger partial charge in [-0.1, -0.05) is 23.5 Å². The lowest BCUT2D eigenvalue weighted by Gasteiger charge is -2.11. The molecule has 0 N–H and O–H groups in total. The van der Waals surface area contributed by atoms with Gasteiger partial charge >= 0.3 is 0 Å². The highest BCUT2D eigenvalue weighted by Gasteiger charge is 2.30. The first-order valence-electron chi connectivity index (χ1n) is 19.5. The van der Waals surface area contributed by atoms with Crippen molar-refractivity contribution >= 4 is 45.3 Å². The minimum atomic E-state index is -0.350. The summed E-state index contributed by atoms with van der Waals surface area (Å²) >= 11 is 3.51. The van der Waals surface area contributed by atoms with Crippen LogP contribution < -0.4 is 18.9 Å². The molecule has 0 fully saturated rings. The molecule has 0 atom stereocenters. The standard InChI is InChI=1S/C50H48O8S4/c1-51-33-55-37-5-21-45(22-6-37)61(46-23-7-38(8-24-46)56-34-52-2)49-29-17-43(18-30-49)59-41-13-15-42(16-14-41)60-44-19-31-50(32-20-44)62(47-25-9-39(10-26-47)57-35-53-3)48-27-11-40(12-28-48)58-36-54-4/h5-32H,33-36H2,1-4H3/q+2. The van der Waals surface area contributed by atoms with Gasteiger partial charge in [0.25, 0.3) is 0 Å². The second-order valence-electron chi connectivity index (χ2n) is 13.3. The minimum Gasteiger partial charge on any atom is -0.468 e. The maximum atomic E-state index is 5.66. The van der Waals surface area contributed by atoms with E-state index >= 15 is 0 Å². The van der Waals surface area contributed by atoms with Crippen LogP contribution in [0.25, 0.3) is 0 Å². The molecule has 0 unspecified atom stereocenters. The molecule has 0 aliphatic rings. The minimum absolute atomic E-state index is 0.206. The van der Waals surface area contributed by atoms with Gasteiger partial charge in [0.05, 0.1) is 21.8 Å². The molecule has 62 heavy (non-hydrogen) atoms. The Kier molecular flexibility index (Phi) is 17.0. The number of hydrogen-bond donors (Lipinski definition) is 0. The third-order valence-corrected chi connectivity index (χ3v) is 15.5. The van der Waals surface area contributed by atoms with Gasteiger partial charge in [-0.2, -0.15) is 0 Å². The van der Waals surface area contributed by atoms with Crippen LogP contribution in [-0.2, 0) is 40.7 Å². The van der Waals surface area contributed by atoms with Crippen molar-refractivity contribution in [1.29, 1.82) is 0 Å². The Hall–Kier alpha value is -5.02. The normalized spacial score (nSPS) is 11.2. The highest BCUT2D eigenvalue weighted by atomic mass is 32.2. The van der Waals surface area contributed by atoms with Crippen molar-refractivity contribution in [2.45, 2.75) is 49.0 Å². The van der Waals surface area contributed by atoms with Crippen LogP contribution in [0.2, 0.25) is 0 Å². The van der Waals surface area contributed by atoms with Gasteiger partial charge in [0.1, 0.15) is 23.0 Å². The van der Waals surface area contributed by atoms with E-state index in [1.807, 2.05) is 48.5 Å². The SMILES string of the molecule is COCOc1ccc([S+](c2ccc(OCOC)cc2)c2ccc(Sc3ccc(Sc4ccc([S+](c5ccc(OCOC)cc5)c5ccc(OCOC)cc5)cc4)cc3)cc2)cc1. The summed E-state index contributed by atoms with van der Waals surface area (Å²) in [5, 5.41) is 0. The zero-order chi connectivity index (χ0) is 42.9. The molecular weight excluding hydrogens is 857 g/mol. The first-order chi connectivity index (χ1) is 30.5. The second-order valence-corrected chi connectivity index (χ2v) is 19.7. The molecule has 0 aliphatic heterocycles. The second kappa shape index (κ2) is 23.4. The van der Waals surface area contributed by atoms with Gasteiger partial charge in [-0.3, -0.25) is 0 Å². The largest absolute Gasteiger partial charge is 0.468 e. The summed E-state index contributed by atoms with van der Waals surface area (Å²) in [6.45, 7) is 0.824. The van der Waals surface area contributed by atoms with Crippen LogP contribution in [0.1, 0.15) is 0 Å². The van der Waals surface area contributed by atoms with E-state index in [-0.39, 0.29) is 49.0 Å². The predicted molar refractivity (Wildman–Crippen MR) is 248 cm³/mol. The lowest BCUT2D eigenvalue weighted by atomic mass is 10.3. The van der Waals surface area contributed by atoms with Crippen LogP contribution in [0.4, 0.5) is 0 Å². The molecule has 0 spiro atoms. The quantitative estimate of drug-likeness (QED) is 0.0485. The van der Waals surface area contributed by atoms with E-state index in [4.69, 9.17) is 37.9 Å². The van der Waals surface area contributed by atoms with Gasteiger partial charge in [-0.05, 0) is 170 Å². The number of rotatable bonds is 22. The number of ether oxygens (including phenoxy) is 8. The van der Waals surface area contributed by atoms with E-state index < -0.39 is 0 Å². The van der Waals surface area contributed by atoms with E-state index in [0.717, 1.165) is 23.0 Å². The molecule has 0 radical (unpaired) electrons. The molecule has 7 aromatic rings. The number of methoxy groups -OCH3 is 4. The van der Waals surface area contributed by atoms with Crippen LogP contribution in [0.3, 0.4) is 0 Å². The predicted octanol–water partition coefficient (Wildman–Crippen LogP) is 12.1. The first kappa shape index (κ1) is 45.0. The highest BCUT2D eigenvalue weighted by molar-refractivity contribution is 8.00. The topological polar surface area (TPSA) is 73.8 Å². The molecule has 12 heteroatoms. The van der Waals surface area contributed by atoms with Crippen molar-refractivity contribution in [1.82, 2.24) is 0 Å². The Bertz CT molecular complexity index is 2110. The van der Waals surface area contributed by atoms with Crippen molar-refractivity contribution in [3.63, 3.8) is 0 Å². The van der Waals surface area contributed by atoms with Crippen molar-refractivity contribution in [3.05, 3.63) is 170 Å². The van der Waals surface area contributed by atoms with Crippen LogP contribution in [0.5, 0.6) is 23.0 Å². The molecule has 0 saturated heterocycles. The van der Waals surface area contributed by atoms with E-state index in [1.165, 1.54) is 49.0 Å². The average Bonchev–Trinajstić information content (AvgIpc) is 3.32. The van der Waals surface area contributed by atoms with Gasteiger partial charge in [-0.25, -0.2) is 0 Å². The van der Waals surface area contributed by atoms with Crippen molar-refractivity contribution in [3.8, 4) is 23.0 Å². The summed E-state index contributed by atoms with van der Waals surface area (Å²) in [6.07, 6.45) is 0. The number of benzene rings is 7. The zero-order valence-corrected chi connectivity index (χ0v) is 38.2. The molecule has 7 aromatic carbocycles. The molecule has 318 valence electrons. The molecule has 0 aliphatic carbocycles. The molecule has 0 aromatic heterocycles. The van der Waals surface area contributed by atoms with Crippen molar-refractivity contribution in [2.75, 3.05) is 55.6 Å². The van der Waals surface area contributed by atoms with Gasteiger partial charge in [0, 0.05) is 48.0 Å². The smallest absolute Gasteiger partial charge is 0.188 e. The Morgan fingerprint density at radius 2 is 0.452 bits per heavy atom. The summed E-state index contributed by atoms with van der Waals surface area (Å²) in [5.74, 6) is 3.06. The lowest BCUT2D eigenvalue weighted by molar-refractivity contribution is 0.0509. The first-order valence-corrected chi connectivity index (χ1v) is 23.6. The molecule has 0 heterocycles. The van der Waals surface area contributed by atoms with Gasteiger partial charge < -0.3 is 37.9 Å². The van der Waals surface area contributed by atoms with Crippen LogP contribution in [0.15, 0.2) is 219 Å². The van der Waals surface area contributed by atoms with Crippen molar-refractivity contribution < 1.29 is 37.9 Å². The number of hydrogen-bond acceptors (Lipinski definition) is 10. The molecule has 8 nitrogen and oxygen atoms in total. The summed E-state index contributed by atoms with van der Waals surface area (Å²) in [6, 6.07) is 59.4. The van der Waals surface area contributed by atoms with Gasteiger partial charge in [0.2, 0.25) is 0 Å². The average molecular weight is 905 g/mol. The summed E-state index contributed by atoms with van der Waals surface area (Å²) in [7, 11) is 5.77. The highest BCUT2D eigenvalue weighted by Crippen LogP contribution is 2.38. The van der Waals surface area contributed by atoms with Crippen molar-refractivity contribution in [2.24, 2.45) is 0 Å².